The van der Waals surface area contributed by atoms with E-state index in [1.807, 2.05) is 19.1 Å². The second kappa shape index (κ2) is 8.73. The summed E-state index contributed by atoms with van der Waals surface area (Å²) in [7, 11) is -3.72. The molecule has 0 aliphatic heterocycles. The second-order valence-corrected chi connectivity index (χ2v) is 7.82. The first-order valence-electron chi connectivity index (χ1n) is 8.52. The van der Waals surface area contributed by atoms with Crippen LogP contribution in [0, 0.1) is 6.92 Å². The van der Waals surface area contributed by atoms with Gasteiger partial charge in [0.1, 0.15) is 0 Å². The number of nitrogens with zero attached hydrogens (tertiary/aromatic N) is 1. The molecule has 0 bridgehead atoms. The highest BCUT2D eigenvalue weighted by atomic mass is 32.2. The van der Waals surface area contributed by atoms with Crippen LogP contribution in [-0.2, 0) is 10.0 Å². The van der Waals surface area contributed by atoms with E-state index in [-0.39, 0.29) is 4.90 Å². The smallest absolute Gasteiger partial charge is 0.261 e. The monoisotopic (exact) mass is 374 g/mol. The van der Waals surface area contributed by atoms with Crippen LogP contribution in [0.15, 0.2) is 65.3 Å². The first kappa shape index (κ1) is 19.8. The minimum absolute atomic E-state index is 0.134. The van der Waals surface area contributed by atoms with Gasteiger partial charge in [0.25, 0.3) is 10.0 Å². The molecule has 0 fully saturated rings. The Labute approximate surface area is 155 Å². The zero-order valence-corrected chi connectivity index (χ0v) is 16.0. The third-order valence-corrected chi connectivity index (χ3v) is 5.30. The first-order valence-corrected chi connectivity index (χ1v) is 10.0. The van der Waals surface area contributed by atoms with Crippen molar-refractivity contribution in [2.75, 3.05) is 9.73 Å². The van der Waals surface area contributed by atoms with Crippen molar-refractivity contribution in [1.82, 2.24) is 0 Å². The molecule has 7 heteroatoms. The number of allylic oxidation sites excluding steroid dienone is 1. The van der Waals surface area contributed by atoms with Crippen molar-refractivity contribution in [2.45, 2.75) is 38.0 Å². The van der Waals surface area contributed by atoms with Crippen molar-refractivity contribution in [1.29, 1.82) is 0 Å². The van der Waals surface area contributed by atoms with Crippen LogP contribution in [0.2, 0.25) is 0 Å². The molecule has 6 nitrogen and oxygen atoms in total. The van der Waals surface area contributed by atoms with Gasteiger partial charge in [-0.3, -0.25) is 9.73 Å². The van der Waals surface area contributed by atoms with Crippen LogP contribution in [-0.4, -0.2) is 8.42 Å². The highest BCUT2D eigenvalue weighted by Gasteiger charge is 2.16. The molecular weight excluding hydrogens is 348 g/mol. The number of nitrogens with two attached hydrogens (primary N) is 2. The van der Waals surface area contributed by atoms with Crippen molar-refractivity contribution in [3.8, 4) is 0 Å². The zero-order valence-electron chi connectivity index (χ0n) is 15.1. The maximum atomic E-state index is 12.7. The minimum atomic E-state index is -3.72. The topological polar surface area (TPSA) is 101 Å². The van der Waals surface area contributed by atoms with Gasteiger partial charge < -0.3 is 5.73 Å². The number of hydrogen-bond donors (Lipinski definition) is 3. The third-order valence-electron chi connectivity index (χ3n) is 3.94. The van der Waals surface area contributed by atoms with E-state index in [1.165, 1.54) is 17.1 Å². The summed E-state index contributed by atoms with van der Waals surface area (Å²) in [6.07, 6.45) is 4.38. The highest BCUT2D eigenvalue weighted by Crippen LogP contribution is 2.22. The summed E-state index contributed by atoms with van der Waals surface area (Å²) in [5, 5.41) is 1.35. The van der Waals surface area contributed by atoms with Gasteiger partial charge in [-0.25, -0.2) is 14.3 Å². The number of unbranched alkanes of at least 4 members (excludes halogenated alkanes) is 1. The molecule has 2 aromatic rings. The number of nitrogens with one attached hydrogen (secondary N) is 1. The fraction of sp³-hybridized carbons (Fsp3) is 0.263. The molecule has 0 saturated heterocycles. The third kappa shape index (κ3) is 5.24. The molecule has 0 amide bonds. The van der Waals surface area contributed by atoms with Crippen LogP contribution in [0.1, 0.15) is 31.7 Å². The Bertz CT molecular complexity index is 879. The number of sulfonamides is 1. The van der Waals surface area contributed by atoms with E-state index in [2.05, 4.69) is 11.6 Å². The molecule has 2 rings (SSSR count). The Morgan fingerprint density at radius 3 is 2.62 bits per heavy atom. The summed E-state index contributed by atoms with van der Waals surface area (Å²) in [5.41, 5.74) is 8.54. The lowest BCUT2D eigenvalue weighted by atomic mass is 10.2. The van der Waals surface area contributed by atoms with Crippen molar-refractivity contribution >= 4 is 21.4 Å². The van der Waals surface area contributed by atoms with E-state index in [1.54, 1.807) is 30.5 Å². The first-order chi connectivity index (χ1) is 12.3. The van der Waals surface area contributed by atoms with Crippen molar-refractivity contribution in [2.24, 2.45) is 11.6 Å². The van der Waals surface area contributed by atoms with Gasteiger partial charge in [-0.1, -0.05) is 37.6 Å². The maximum Gasteiger partial charge on any atom is 0.261 e. The number of rotatable bonds is 8. The molecule has 0 radical (unpaired) electrons. The van der Waals surface area contributed by atoms with Crippen LogP contribution in [0.5, 0.6) is 0 Å². The molecule has 0 heterocycles. The predicted octanol–water partition coefficient (Wildman–Crippen LogP) is 3.47. The molecule has 0 aliphatic rings. The molecule has 26 heavy (non-hydrogen) atoms. The Kier molecular flexibility index (Phi) is 6.65. The fourth-order valence-electron chi connectivity index (χ4n) is 2.40. The lowest BCUT2D eigenvalue weighted by molar-refractivity contribution is 0.601. The zero-order chi connectivity index (χ0) is 19.2. The van der Waals surface area contributed by atoms with E-state index in [9.17, 15) is 8.42 Å². The van der Waals surface area contributed by atoms with E-state index in [0.29, 0.717) is 17.1 Å². The summed E-state index contributed by atoms with van der Waals surface area (Å²) in [5.74, 6) is 6.02. The molecule has 0 saturated carbocycles. The minimum Gasteiger partial charge on any atom is -0.401 e. The summed E-state index contributed by atoms with van der Waals surface area (Å²) in [4.78, 5) is 0.134. The summed E-state index contributed by atoms with van der Waals surface area (Å²) < 4.78 is 28.0. The average Bonchev–Trinajstić information content (AvgIpc) is 2.62. The fourth-order valence-corrected chi connectivity index (χ4v) is 3.57. The number of anilines is 2. The number of aryl methyl sites for hydroxylation is 1. The van der Waals surface area contributed by atoms with Gasteiger partial charge in [0.05, 0.1) is 16.3 Å². The van der Waals surface area contributed by atoms with Gasteiger partial charge in [-0.15, -0.1) is 0 Å². The summed E-state index contributed by atoms with van der Waals surface area (Å²) in [6.45, 7) is 3.93. The Morgan fingerprint density at radius 1 is 1.19 bits per heavy atom. The Morgan fingerprint density at radius 2 is 1.92 bits per heavy atom. The van der Waals surface area contributed by atoms with Crippen LogP contribution < -0.4 is 21.3 Å². The van der Waals surface area contributed by atoms with Crippen LogP contribution in [0.4, 0.5) is 11.4 Å². The van der Waals surface area contributed by atoms with Gasteiger partial charge in [0.15, 0.2) is 0 Å². The molecular formula is C19H26N4O2S. The molecule has 0 aromatic heterocycles. The van der Waals surface area contributed by atoms with Crippen molar-refractivity contribution in [3.05, 3.63) is 66.0 Å². The molecule has 0 aliphatic carbocycles. The number of benzene rings is 2. The predicted molar refractivity (Wildman–Crippen MR) is 107 cm³/mol. The van der Waals surface area contributed by atoms with Crippen molar-refractivity contribution in [3.63, 3.8) is 0 Å². The lowest BCUT2D eigenvalue weighted by Crippen LogP contribution is -2.26. The maximum absolute atomic E-state index is 12.7. The Balaban J connectivity index is 2.23. The van der Waals surface area contributed by atoms with E-state index < -0.39 is 10.0 Å². The molecule has 5 N–H and O–H groups in total. The average molecular weight is 375 g/mol. The van der Waals surface area contributed by atoms with Gasteiger partial charge in [-0.2, -0.15) is 0 Å². The number of hydrogen-bond acceptors (Lipinski definition) is 5. The largest absolute Gasteiger partial charge is 0.401 e. The van der Waals surface area contributed by atoms with Gasteiger partial charge in [0.2, 0.25) is 0 Å². The molecule has 140 valence electrons. The number of para-hydroxylation sites is 1. The molecule has 0 unspecified atom stereocenters. The highest BCUT2D eigenvalue weighted by molar-refractivity contribution is 7.92. The van der Waals surface area contributed by atoms with Crippen LogP contribution in [0.3, 0.4) is 0 Å². The van der Waals surface area contributed by atoms with Gasteiger partial charge in [-0.05, 0) is 49.6 Å². The summed E-state index contributed by atoms with van der Waals surface area (Å²) in [6, 6.07) is 13.6. The normalized spacial score (nSPS) is 12.0. The molecule has 0 spiro atoms. The van der Waals surface area contributed by atoms with Crippen LogP contribution in [0.25, 0.3) is 0 Å². The van der Waals surface area contributed by atoms with Gasteiger partial charge in [0, 0.05) is 11.9 Å². The standard InChI is InChI=1S/C19H26N4O2S/c1-3-4-9-16(20)14-23(21)17-10-7-11-18(13-17)26(24,25)22-19-12-6-5-8-15(19)2/h5-8,10-14,22H,3-4,9,20-21H2,1-2H3/b16-14-. The van der Waals surface area contributed by atoms with Crippen LogP contribution >= 0.6 is 0 Å². The number of hydrazine groups is 1. The van der Waals surface area contributed by atoms with E-state index >= 15 is 0 Å². The second-order valence-electron chi connectivity index (χ2n) is 6.13. The Hall–Kier alpha value is -2.51. The van der Waals surface area contributed by atoms with Crippen molar-refractivity contribution < 1.29 is 8.42 Å². The summed E-state index contributed by atoms with van der Waals surface area (Å²) >= 11 is 0. The lowest BCUT2D eigenvalue weighted by Gasteiger charge is -2.17. The molecule has 2 aromatic carbocycles. The molecule has 0 atom stereocenters. The van der Waals surface area contributed by atoms with E-state index in [4.69, 9.17) is 11.6 Å². The quantitative estimate of drug-likeness (QED) is 0.485. The van der Waals surface area contributed by atoms with E-state index in [0.717, 1.165) is 24.8 Å². The van der Waals surface area contributed by atoms with Gasteiger partial charge >= 0.3 is 0 Å². The SMILES string of the molecule is CCCC/C(N)=C/N(N)c1cccc(S(=O)(=O)Nc2ccccc2C)c1.